The molecule has 1 aromatic carbocycles. The van der Waals surface area contributed by atoms with Crippen LogP contribution >= 0.6 is 11.6 Å². The summed E-state index contributed by atoms with van der Waals surface area (Å²) in [5, 5.41) is 12.4. The van der Waals surface area contributed by atoms with Crippen LogP contribution in [0.15, 0.2) is 18.2 Å². The number of hydrogen-bond donors (Lipinski definition) is 2. The molecule has 1 aromatic rings. The van der Waals surface area contributed by atoms with E-state index in [1.54, 1.807) is 13.0 Å². The maximum atomic E-state index is 13.5. The number of nitrogens with one attached hydrogen (secondary N) is 1. The average Bonchev–Trinajstić information content (AvgIpc) is 2.28. The highest BCUT2D eigenvalue weighted by Crippen LogP contribution is 2.21. The van der Waals surface area contributed by atoms with Crippen LogP contribution < -0.4 is 5.32 Å². The van der Waals surface area contributed by atoms with Gasteiger partial charge in [0.05, 0.1) is 0 Å². The Hall–Kier alpha value is -1.13. The molecule has 0 saturated carbocycles. The molecule has 0 saturated heterocycles. The van der Waals surface area contributed by atoms with Crippen molar-refractivity contribution >= 4 is 17.6 Å². The zero-order valence-corrected chi connectivity index (χ0v) is 11.2. The summed E-state index contributed by atoms with van der Waals surface area (Å²) in [5.41, 5.74) is -0.775. The van der Waals surface area contributed by atoms with Gasteiger partial charge in [-0.15, -0.1) is 0 Å². The third-order valence-electron chi connectivity index (χ3n) is 2.94. The van der Waals surface area contributed by atoms with Crippen molar-refractivity contribution in [3.63, 3.8) is 0 Å². The van der Waals surface area contributed by atoms with Gasteiger partial charge in [0.25, 0.3) is 0 Å². The van der Waals surface area contributed by atoms with Crippen LogP contribution in [0, 0.1) is 5.82 Å². The van der Waals surface area contributed by atoms with Gasteiger partial charge < -0.3 is 5.11 Å². The maximum absolute atomic E-state index is 13.5. The van der Waals surface area contributed by atoms with E-state index >= 15 is 0 Å². The number of carboxylic acids is 1. The van der Waals surface area contributed by atoms with Crippen molar-refractivity contribution in [1.29, 1.82) is 0 Å². The standard InChI is InChI=1S/C13H17ClFNO2/c1-3-7-13(2,12(17)18)16-8-9-10(14)5-4-6-11(9)15/h4-6,16H,3,7-8H2,1-2H3,(H,17,18). The zero-order valence-electron chi connectivity index (χ0n) is 10.5. The second-order valence-corrected chi connectivity index (χ2v) is 4.85. The lowest BCUT2D eigenvalue weighted by atomic mass is 9.96. The fraction of sp³-hybridized carbons (Fsp3) is 0.462. The monoisotopic (exact) mass is 273 g/mol. The molecule has 3 nitrogen and oxygen atoms in total. The van der Waals surface area contributed by atoms with E-state index in [-0.39, 0.29) is 6.54 Å². The van der Waals surface area contributed by atoms with E-state index in [1.807, 2.05) is 6.92 Å². The van der Waals surface area contributed by atoms with Gasteiger partial charge in [0, 0.05) is 17.1 Å². The molecule has 1 unspecified atom stereocenters. The summed E-state index contributed by atoms with van der Waals surface area (Å²) in [6, 6.07) is 4.41. The largest absolute Gasteiger partial charge is 0.480 e. The van der Waals surface area contributed by atoms with E-state index in [2.05, 4.69) is 5.32 Å². The molecule has 0 fully saturated rings. The molecular weight excluding hydrogens is 257 g/mol. The lowest BCUT2D eigenvalue weighted by molar-refractivity contribution is -0.144. The van der Waals surface area contributed by atoms with E-state index in [0.29, 0.717) is 17.0 Å². The van der Waals surface area contributed by atoms with Gasteiger partial charge >= 0.3 is 5.97 Å². The van der Waals surface area contributed by atoms with Crippen LogP contribution in [0.2, 0.25) is 5.02 Å². The van der Waals surface area contributed by atoms with Gasteiger partial charge in [0.1, 0.15) is 11.4 Å². The molecule has 5 heteroatoms. The molecule has 1 rings (SSSR count). The maximum Gasteiger partial charge on any atom is 0.323 e. The molecule has 0 aliphatic carbocycles. The fourth-order valence-electron chi connectivity index (χ4n) is 1.76. The van der Waals surface area contributed by atoms with Crippen molar-refractivity contribution in [1.82, 2.24) is 5.32 Å². The molecule has 0 amide bonds. The third kappa shape index (κ3) is 3.43. The Kier molecular flexibility index (Phi) is 5.11. The minimum Gasteiger partial charge on any atom is -0.480 e. The second kappa shape index (κ2) is 6.16. The van der Waals surface area contributed by atoms with Crippen LogP contribution in [-0.2, 0) is 11.3 Å². The Morgan fingerprint density at radius 1 is 1.56 bits per heavy atom. The molecule has 1 atom stereocenters. The first kappa shape index (κ1) is 14.9. The van der Waals surface area contributed by atoms with Gasteiger partial charge in [-0.2, -0.15) is 0 Å². The second-order valence-electron chi connectivity index (χ2n) is 4.44. The fourth-order valence-corrected chi connectivity index (χ4v) is 1.99. The van der Waals surface area contributed by atoms with E-state index in [1.165, 1.54) is 12.1 Å². The third-order valence-corrected chi connectivity index (χ3v) is 3.29. The SMILES string of the molecule is CCCC(C)(NCc1c(F)cccc1Cl)C(=O)O. The smallest absolute Gasteiger partial charge is 0.323 e. The Morgan fingerprint density at radius 3 is 2.72 bits per heavy atom. The molecule has 0 bridgehead atoms. The average molecular weight is 274 g/mol. The van der Waals surface area contributed by atoms with Gasteiger partial charge in [-0.25, -0.2) is 4.39 Å². The van der Waals surface area contributed by atoms with E-state index in [9.17, 15) is 14.3 Å². The van der Waals surface area contributed by atoms with Gasteiger partial charge in [-0.1, -0.05) is 31.0 Å². The Bertz CT molecular complexity index is 419. The molecule has 100 valence electrons. The summed E-state index contributed by atoms with van der Waals surface area (Å²) in [7, 11) is 0. The molecule has 0 radical (unpaired) electrons. The molecule has 0 aliphatic heterocycles. The lowest BCUT2D eigenvalue weighted by Crippen LogP contribution is -2.49. The molecule has 0 aliphatic rings. The van der Waals surface area contributed by atoms with Crippen molar-refractivity contribution in [2.45, 2.75) is 38.8 Å². The number of hydrogen-bond acceptors (Lipinski definition) is 2. The number of rotatable bonds is 6. The van der Waals surface area contributed by atoms with Crippen LogP contribution in [-0.4, -0.2) is 16.6 Å². The number of halogens is 2. The highest BCUT2D eigenvalue weighted by atomic mass is 35.5. The number of carboxylic acid groups (broad SMARTS) is 1. The van der Waals surface area contributed by atoms with Crippen molar-refractivity contribution in [3.05, 3.63) is 34.6 Å². The van der Waals surface area contributed by atoms with Crippen LogP contribution in [0.1, 0.15) is 32.3 Å². The van der Waals surface area contributed by atoms with Crippen molar-refractivity contribution in [2.75, 3.05) is 0 Å². The summed E-state index contributed by atoms with van der Waals surface area (Å²) in [6.45, 7) is 3.58. The van der Waals surface area contributed by atoms with Gasteiger partial charge in [0.2, 0.25) is 0 Å². The minimum absolute atomic E-state index is 0.0916. The van der Waals surface area contributed by atoms with Gasteiger partial charge in [-0.3, -0.25) is 10.1 Å². The first-order valence-electron chi connectivity index (χ1n) is 5.82. The molecule has 0 heterocycles. The summed E-state index contributed by atoms with van der Waals surface area (Å²) < 4.78 is 13.5. The number of benzene rings is 1. The van der Waals surface area contributed by atoms with Crippen molar-refractivity contribution < 1.29 is 14.3 Å². The summed E-state index contributed by atoms with van der Waals surface area (Å²) >= 11 is 5.89. The van der Waals surface area contributed by atoms with Crippen molar-refractivity contribution in [2.24, 2.45) is 0 Å². The van der Waals surface area contributed by atoms with E-state index in [0.717, 1.165) is 6.42 Å². The molecule has 0 aromatic heterocycles. The van der Waals surface area contributed by atoms with Gasteiger partial charge in [-0.05, 0) is 25.5 Å². The first-order chi connectivity index (χ1) is 8.40. The quantitative estimate of drug-likeness (QED) is 0.837. The Balaban J connectivity index is 2.83. The predicted molar refractivity (Wildman–Crippen MR) is 69.2 cm³/mol. The van der Waals surface area contributed by atoms with Crippen LogP contribution in [0.25, 0.3) is 0 Å². The Labute approximate surface area is 111 Å². The molecular formula is C13H17ClFNO2. The van der Waals surface area contributed by atoms with Crippen LogP contribution in [0.4, 0.5) is 4.39 Å². The highest BCUT2D eigenvalue weighted by Gasteiger charge is 2.31. The number of carbonyl (C=O) groups is 1. The van der Waals surface area contributed by atoms with E-state index < -0.39 is 17.3 Å². The highest BCUT2D eigenvalue weighted by molar-refractivity contribution is 6.31. The predicted octanol–water partition coefficient (Wildman–Crippen LogP) is 3.21. The summed E-state index contributed by atoms with van der Waals surface area (Å²) in [4.78, 5) is 11.2. The minimum atomic E-state index is -1.07. The number of aliphatic carboxylic acids is 1. The summed E-state index contributed by atoms with van der Waals surface area (Å²) in [5.74, 6) is -1.38. The van der Waals surface area contributed by atoms with Crippen LogP contribution in [0.5, 0.6) is 0 Å². The molecule has 18 heavy (non-hydrogen) atoms. The first-order valence-corrected chi connectivity index (χ1v) is 6.20. The summed E-state index contributed by atoms with van der Waals surface area (Å²) in [6.07, 6.45) is 1.19. The Morgan fingerprint density at radius 2 is 2.22 bits per heavy atom. The topological polar surface area (TPSA) is 49.3 Å². The molecule has 2 N–H and O–H groups in total. The van der Waals surface area contributed by atoms with Crippen molar-refractivity contribution in [3.8, 4) is 0 Å². The normalized spacial score (nSPS) is 14.2. The molecule has 0 spiro atoms. The lowest BCUT2D eigenvalue weighted by Gasteiger charge is -2.26. The van der Waals surface area contributed by atoms with Gasteiger partial charge in [0.15, 0.2) is 0 Å². The van der Waals surface area contributed by atoms with E-state index in [4.69, 9.17) is 11.6 Å². The van der Waals surface area contributed by atoms with Crippen LogP contribution in [0.3, 0.4) is 0 Å². The zero-order chi connectivity index (χ0) is 13.8.